The number of halogens is 1. The summed E-state index contributed by atoms with van der Waals surface area (Å²) in [7, 11) is 0. The van der Waals surface area contributed by atoms with Gasteiger partial charge in [0.1, 0.15) is 5.75 Å². The lowest BCUT2D eigenvalue weighted by atomic mass is 10.2. The third kappa shape index (κ3) is 2.42. The molecule has 4 heteroatoms. The number of carbonyl (C=O) groups excluding carboxylic acids is 1. The summed E-state index contributed by atoms with van der Waals surface area (Å²) in [5.74, 6) is -1.09. The molecule has 0 fully saturated rings. The van der Waals surface area contributed by atoms with Gasteiger partial charge in [0, 0.05) is 0 Å². The molecule has 17 heavy (non-hydrogen) atoms. The van der Waals surface area contributed by atoms with Gasteiger partial charge in [-0.25, -0.2) is 4.39 Å². The Morgan fingerprint density at radius 3 is 2.41 bits per heavy atom. The first kappa shape index (κ1) is 11.1. The van der Waals surface area contributed by atoms with Gasteiger partial charge in [-0.2, -0.15) is 0 Å². The minimum Gasteiger partial charge on any atom is -0.454 e. The lowest BCUT2D eigenvalue weighted by Gasteiger charge is -2.08. The number of primary amides is 1. The molecule has 3 nitrogen and oxygen atoms in total. The van der Waals surface area contributed by atoms with Crippen molar-refractivity contribution in [3.05, 3.63) is 59.9 Å². The van der Waals surface area contributed by atoms with Gasteiger partial charge >= 0.3 is 0 Å². The van der Waals surface area contributed by atoms with Crippen LogP contribution in [-0.4, -0.2) is 5.91 Å². The molecule has 0 atom stereocenters. The number of hydrogen-bond acceptors (Lipinski definition) is 2. The molecule has 2 aromatic rings. The van der Waals surface area contributed by atoms with Gasteiger partial charge in [-0.05, 0) is 24.3 Å². The van der Waals surface area contributed by atoms with Crippen molar-refractivity contribution in [1.29, 1.82) is 0 Å². The highest BCUT2D eigenvalue weighted by Crippen LogP contribution is 2.25. The maximum absolute atomic E-state index is 13.8. The fourth-order valence-electron chi connectivity index (χ4n) is 1.40. The minimum atomic E-state index is -0.819. The molecule has 0 saturated heterocycles. The quantitative estimate of drug-likeness (QED) is 0.882. The summed E-state index contributed by atoms with van der Waals surface area (Å²) in [6, 6.07) is 13.0. The van der Waals surface area contributed by atoms with Crippen LogP contribution in [-0.2, 0) is 0 Å². The van der Waals surface area contributed by atoms with E-state index in [4.69, 9.17) is 10.5 Å². The van der Waals surface area contributed by atoms with Crippen LogP contribution in [0.4, 0.5) is 4.39 Å². The van der Waals surface area contributed by atoms with Gasteiger partial charge in [-0.15, -0.1) is 0 Å². The Morgan fingerprint density at radius 2 is 1.76 bits per heavy atom. The Labute approximate surface area is 97.6 Å². The predicted octanol–water partition coefficient (Wildman–Crippen LogP) is 2.72. The van der Waals surface area contributed by atoms with Crippen molar-refractivity contribution < 1.29 is 13.9 Å². The number of hydrogen-bond donors (Lipinski definition) is 1. The van der Waals surface area contributed by atoms with E-state index in [0.717, 1.165) is 0 Å². The zero-order valence-electron chi connectivity index (χ0n) is 8.89. The van der Waals surface area contributed by atoms with Gasteiger partial charge in [0.2, 0.25) is 0 Å². The highest BCUT2D eigenvalue weighted by atomic mass is 19.1. The van der Waals surface area contributed by atoms with Crippen LogP contribution in [0.5, 0.6) is 11.5 Å². The molecule has 2 rings (SSSR count). The van der Waals surface area contributed by atoms with Gasteiger partial charge in [-0.3, -0.25) is 4.79 Å². The number of rotatable bonds is 3. The highest BCUT2D eigenvalue weighted by Gasteiger charge is 2.13. The second kappa shape index (κ2) is 4.65. The van der Waals surface area contributed by atoms with Crippen LogP contribution >= 0.6 is 0 Å². The van der Waals surface area contributed by atoms with Crippen molar-refractivity contribution >= 4 is 5.91 Å². The summed E-state index contributed by atoms with van der Waals surface area (Å²) in [5, 5.41) is 0. The maximum Gasteiger partial charge on any atom is 0.251 e. The molecule has 0 aromatic heterocycles. The summed E-state index contributed by atoms with van der Waals surface area (Å²) in [6.45, 7) is 0. The van der Waals surface area contributed by atoms with E-state index >= 15 is 0 Å². The first-order valence-electron chi connectivity index (χ1n) is 4.99. The largest absolute Gasteiger partial charge is 0.454 e. The van der Waals surface area contributed by atoms with E-state index < -0.39 is 11.7 Å². The molecule has 1 amide bonds. The molecule has 0 radical (unpaired) electrons. The smallest absolute Gasteiger partial charge is 0.251 e. The predicted molar refractivity (Wildman–Crippen MR) is 61.4 cm³/mol. The fourth-order valence-corrected chi connectivity index (χ4v) is 1.40. The van der Waals surface area contributed by atoms with Crippen LogP contribution in [0, 0.1) is 5.82 Å². The molecular weight excluding hydrogens is 221 g/mol. The Hall–Kier alpha value is -2.36. The van der Waals surface area contributed by atoms with Crippen LogP contribution in [0.2, 0.25) is 0 Å². The number of nitrogens with two attached hydrogens (primary N) is 1. The summed E-state index contributed by atoms with van der Waals surface area (Å²) < 4.78 is 19.1. The zero-order chi connectivity index (χ0) is 12.3. The third-order valence-electron chi connectivity index (χ3n) is 2.20. The Morgan fingerprint density at radius 1 is 1.06 bits per heavy atom. The average molecular weight is 231 g/mol. The minimum absolute atomic E-state index is 0.0208. The topological polar surface area (TPSA) is 52.3 Å². The van der Waals surface area contributed by atoms with E-state index in [2.05, 4.69) is 0 Å². The summed E-state index contributed by atoms with van der Waals surface area (Å²) >= 11 is 0. The number of amides is 1. The van der Waals surface area contributed by atoms with Crippen molar-refractivity contribution in [2.45, 2.75) is 0 Å². The molecule has 0 heterocycles. The number of carbonyl (C=O) groups is 1. The molecule has 2 N–H and O–H groups in total. The third-order valence-corrected chi connectivity index (χ3v) is 2.20. The van der Waals surface area contributed by atoms with Crippen LogP contribution in [0.15, 0.2) is 48.5 Å². The van der Waals surface area contributed by atoms with Crippen LogP contribution < -0.4 is 10.5 Å². The summed E-state index contributed by atoms with van der Waals surface area (Å²) in [6.07, 6.45) is 0. The molecule has 0 bridgehead atoms. The maximum atomic E-state index is 13.8. The van der Waals surface area contributed by atoms with Crippen molar-refractivity contribution in [1.82, 2.24) is 0 Å². The fraction of sp³-hybridized carbons (Fsp3) is 0. The van der Waals surface area contributed by atoms with Crippen LogP contribution in [0.25, 0.3) is 0 Å². The van der Waals surface area contributed by atoms with Gasteiger partial charge in [0.25, 0.3) is 5.91 Å². The number of benzene rings is 2. The zero-order valence-corrected chi connectivity index (χ0v) is 8.89. The molecule has 2 aromatic carbocycles. The lowest BCUT2D eigenvalue weighted by Crippen LogP contribution is -2.13. The van der Waals surface area contributed by atoms with E-state index in [1.165, 1.54) is 18.2 Å². The lowest BCUT2D eigenvalue weighted by molar-refractivity contribution is 0.0996. The van der Waals surface area contributed by atoms with Crippen molar-refractivity contribution in [3.63, 3.8) is 0 Å². The molecule has 0 aliphatic heterocycles. The first-order valence-corrected chi connectivity index (χ1v) is 4.99. The average Bonchev–Trinajstić information content (AvgIpc) is 2.33. The van der Waals surface area contributed by atoms with Crippen LogP contribution in [0.3, 0.4) is 0 Å². The normalized spacial score (nSPS) is 9.94. The second-order valence-corrected chi connectivity index (χ2v) is 3.40. The SMILES string of the molecule is NC(=O)c1cccc(Oc2ccccc2)c1F. The van der Waals surface area contributed by atoms with Gasteiger partial charge in [0.15, 0.2) is 11.6 Å². The Balaban J connectivity index is 2.34. The molecule has 0 saturated carbocycles. The monoisotopic (exact) mass is 231 g/mol. The molecule has 0 unspecified atom stereocenters. The molecule has 0 aliphatic carbocycles. The molecule has 0 aliphatic rings. The van der Waals surface area contributed by atoms with Crippen molar-refractivity contribution in [3.8, 4) is 11.5 Å². The van der Waals surface area contributed by atoms with Crippen molar-refractivity contribution in [2.75, 3.05) is 0 Å². The molecule has 86 valence electrons. The van der Waals surface area contributed by atoms with Crippen molar-refractivity contribution in [2.24, 2.45) is 5.73 Å². The Bertz CT molecular complexity index is 540. The van der Waals surface area contributed by atoms with E-state index in [1.807, 2.05) is 6.07 Å². The van der Waals surface area contributed by atoms with E-state index in [-0.39, 0.29) is 11.3 Å². The summed E-state index contributed by atoms with van der Waals surface area (Å²) in [5.41, 5.74) is 4.86. The second-order valence-electron chi connectivity index (χ2n) is 3.40. The van der Waals surface area contributed by atoms with Gasteiger partial charge in [-0.1, -0.05) is 24.3 Å². The van der Waals surface area contributed by atoms with E-state index in [1.54, 1.807) is 24.3 Å². The number of para-hydroxylation sites is 1. The molecular formula is C13H10FNO2. The van der Waals surface area contributed by atoms with E-state index in [9.17, 15) is 9.18 Å². The van der Waals surface area contributed by atoms with E-state index in [0.29, 0.717) is 5.75 Å². The van der Waals surface area contributed by atoms with Gasteiger partial charge in [0.05, 0.1) is 5.56 Å². The van der Waals surface area contributed by atoms with Gasteiger partial charge < -0.3 is 10.5 Å². The van der Waals surface area contributed by atoms with Crippen LogP contribution in [0.1, 0.15) is 10.4 Å². The standard InChI is InChI=1S/C13H10FNO2/c14-12-10(13(15)16)7-4-8-11(12)17-9-5-2-1-3-6-9/h1-8H,(H2,15,16). The highest BCUT2D eigenvalue weighted by molar-refractivity contribution is 5.93. The summed E-state index contributed by atoms with van der Waals surface area (Å²) in [4.78, 5) is 11.0. The Kier molecular flexibility index (Phi) is 3.05. The molecule has 0 spiro atoms. The first-order chi connectivity index (χ1) is 8.18. The number of ether oxygens (including phenoxy) is 1.